The minimum atomic E-state index is -3.49. The summed E-state index contributed by atoms with van der Waals surface area (Å²) in [6, 6.07) is 6.96. The summed E-state index contributed by atoms with van der Waals surface area (Å²) in [5, 5.41) is 5.62. The Kier molecular flexibility index (Phi) is 5.77. The molecule has 0 spiro atoms. The number of hydrogen-bond donors (Lipinski definition) is 1. The van der Waals surface area contributed by atoms with Crippen molar-refractivity contribution in [3.63, 3.8) is 0 Å². The van der Waals surface area contributed by atoms with Crippen LogP contribution >= 0.6 is 22.7 Å². The SMILES string of the molecule is CC(C)CC(=O)NC[C@H](c1cccs1)S(=O)(=O)c1cccs1. The molecule has 0 bridgehead atoms. The molecule has 7 heteroatoms. The van der Waals surface area contributed by atoms with Crippen LogP contribution in [0, 0.1) is 5.92 Å². The van der Waals surface area contributed by atoms with Crippen LogP contribution in [0.4, 0.5) is 0 Å². The molecule has 0 radical (unpaired) electrons. The lowest BCUT2D eigenvalue weighted by Crippen LogP contribution is -2.32. The van der Waals surface area contributed by atoms with Gasteiger partial charge in [-0.1, -0.05) is 26.0 Å². The van der Waals surface area contributed by atoms with Crippen molar-refractivity contribution in [3.8, 4) is 0 Å². The van der Waals surface area contributed by atoms with E-state index >= 15 is 0 Å². The van der Waals surface area contributed by atoms with Crippen molar-refractivity contribution in [2.45, 2.75) is 29.7 Å². The lowest BCUT2D eigenvalue weighted by atomic mass is 10.1. The van der Waals surface area contributed by atoms with Gasteiger partial charge < -0.3 is 5.32 Å². The number of amides is 1. The first-order valence-electron chi connectivity index (χ1n) is 6.98. The molecule has 0 aliphatic carbocycles. The maximum absolute atomic E-state index is 12.8. The molecule has 0 aliphatic heterocycles. The second-order valence-electron chi connectivity index (χ2n) is 5.38. The molecule has 0 saturated carbocycles. The minimum Gasteiger partial charge on any atom is -0.354 e. The van der Waals surface area contributed by atoms with E-state index in [1.165, 1.54) is 22.7 Å². The van der Waals surface area contributed by atoms with Crippen molar-refractivity contribution in [2.24, 2.45) is 5.92 Å². The third-order valence-electron chi connectivity index (χ3n) is 3.09. The minimum absolute atomic E-state index is 0.103. The zero-order valence-electron chi connectivity index (χ0n) is 12.5. The van der Waals surface area contributed by atoms with E-state index in [0.717, 1.165) is 4.88 Å². The average molecular weight is 358 g/mol. The van der Waals surface area contributed by atoms with E-state index in [1.54, 1.807) is 23.6 Å². The maximum Gasteiger partial charge on any atom is 0.220 e. The van der Waals surface area contributed by atoms with Crippen molar-refractivity contribution in [1.82, 2.24) is 5.32 Å². The molecule has 120 valence electrons. The molecule has 0 aromatic carbocycles. The van der Waals surface area contributed by atoms with Gasteiger partial charge in [0, 0.05) is 17.8 Å². The Balaban J connectivity index is 2.20. The van der Waals surface area contributed by atoms with Gasteiger partial charge in [-0.05, 0) is 28.8 Å². The fourth-order valence-electron chi connectivity index (χ4n) is 2.05. The highest BCUT2D eigenvalue weighted by molar-refractivity contribution is 7.93. The van der Waals surface area contributed by atoms with Gasteiger partial charge in [-0.15, -0.1) is 22.7 Å². The topological polar surface area (TPSA) is 63.2 Å². The van der Waals surface area contributed by atoms with Crippen LogP contribution in [0.25, 0.3) is 0 Å². The fourth-order valence-corrected chi connectivity index (χ4v) is 6.04. The average Bonchev–Trinajstić information content (AvgIpc) is 3.11. The molecule has 0 fully saturated rings. The Morgan fingerprint density at radius 1 is 1.18 bits per heavy atom. The summed E-state index contributed by atoms with van der Waals surface area (Å²) < 4.78 is 25.9. The first-order chi connectivity index (χ1) is 10.4. The number of carbonyl (C=O) groups excluding carboxylic acids is 1. The number of nitrogens with one attached hydrogen (secondary N) is 1. The van der Waals surface area contributed by atoms with Gasteiger partial charge in [0.1, 0.15) is 9.46 Å². The quantitative estimate of drug-likeness (QED) is 0.825. The molecule has 22 heavy (non-hydrogen) atoms. The van der Waals surface area contributed by atoms with E-state index in [4.69, 9.17) is 0 Å². The van der Waals surface area contributed by atoms with Gasteiger partial charge in [-0.25, -0.2) is 8.42 Å². The van der Waals surface area contributed by atoms with Gasteiger partial charge >= 0.3 is 0 Å². The lowest BCUT2D eigenvalue weighted by Gasteiger charge is -2.17. The van der Waals surface area contributed by atoms with E-state index in [1.807, 2.05) is 25.3 Å². The highest BCUT2D eigenvalue weighted by Gasteiger charge is 2.31. The standard InChI is InChI=1S/C15H19NO3S3/c1-11(2)9-14(17)16-10-13(12-5-3-7-20-12)22(18,19)15-6-4-8-21-15/h3-8,11,13H,9-10H2,1-2H3,(H,16,17)/t13-/m1/s1. The Hall–Kier alpha value is -1.18. The summed E-state index contributed by atoms with van der Waals surface area (Å²) in [6.07, 6.45) is 0.399. The summed E-state index contributed by atoms with van der Waals surface area (Å²) in [5.41, 5.74) is 0. The van der Waals surface area contributed by atoms with Gasteiger partial charge in [0.2, 0.25) is 5.91 Å². The van der Waals surface area contributed by atoms with Gasteiger partial charge in [-0.2, -0.15) is 0 Å². The predicted octanol–water partition coefficient (Wildman–Crippen LogP) is 3.49. The number of hydrogen-bond acceptors (Lipinski definition) is 5. The zero-order valence-corrected chi connectivity index (χ0v) is 14.9. The molecule has 2 heterocycles. The highest BCUT2D eigenvalue weighted by atomic mass is 32.2. The van der Waals surface area contributed by atoms with Gasteiger partial charge in [-0.3, -0.25) is 4.79 Å². The van der Waals surface area contributed by atoms with Crippen LogP contribution in [0.15, 0.2) is 39.2 Å². The monoisotopic (exact) mass is 357 g/mol. The normalized spacial score (nSPS) is 13.2. The highest BCUT2D eigenvalue weighted by Crippen LogP contribution is 2.33. The van der Waals surface area contributed by atoms with Crippen molar-refractivity contribution in [1.29, 1.82) is 0 Å². The number of carbonyl (C=O) groups is 1. The zero-order chi connectivity index (χ0) is 16.2. The second kappa shape index (κ2) is 7.39. The van der Waals surface area contributed by atoms with Crippen molar-refractivity contribution in [3.05, 3.63) is 39.9 Å². The van der Waals surface area contributed by atoms with E-state index in [0.29, 0.717) is 10.6 Å². The van der Waals surface area contributed by atoms with Crippen LogP contribution in [-0.4, -0.2) is 20.9 Å². The molecule has 2 rings (SSSR count). The first-order valence-corrected chi connectivity index (χ1v) is 10.3. The second-order valence-corrected chi connectivity index (χ2v) is 9.67. The number of thiophene rings is 2. The van der Waals surface area contributed by atoms with Crippen LogP contribution in [0.5, 0.6) is 0 Å². The Bertz CT molecular complexity index is 688. The van der Waals surface area contributed by atoms with Gasteiger partial charge in [0.05, 0.1) is 0 Å². The molecule has 1 amide bonds. The van der Waals surface area contributed by atoms with Crippen molar-refractivity contribution >= 4 is 38.4 Å². The molecule has 2 aromatic heterocycles. The lowest BCUT2D eigenvalue weighted by molar-refractivity contribution is -0.121. The summed E-state index contributed by atoms with van der Waals surface area (Å²) in [7, 11) is -3.49. The third-order valence-corrected chi connectivity index (χ3v) is 7.74. The molecule has 2 aromatic rings. The number of sulfone groups is 1. The molecular weight excluding hydrogens is 338 g/mol. The van der Waals surface area contributed by atoms with Crippen LogP contribution < -0.4 is 5.32 Å². The first kappa shape index (κ1) is 17.2. The van der Waals surface area contributed by atoms with Crippen LogP contribution in [0.1, 0.15) is 30.4 Å². The third kappa shape index (κ3) is 4.18. The Morgan fingerprint density at radius 2 is 1.86 bits per heavy atom. The molecule has 0 saturated heterocycles. The van der Waals surface area contributed by atoms with E-state index in [2.05, 4.69) is 5.32 Å². The van der Waals surface area contributed by atoms with E-state index in [9.17, 15) is 13.2 Å². The summed E-state index contributed by atoms with van der Waals surface area (Å²) in [4.78, 5) is 12.6. The van der Waals surface area contributed by atoms with Gasteiger partial charge in [0.15, 0.2) is 9.84 Å². The van der Waals surface area contributed by atoms with Crippen LogP contribution in [0.2, 0.25) is 0 Å². The van der Waals surface area contributed by atoms with E-state index in [-0.39, 0.29) is 18.4 Å². The summed E-state index contributed by atoms with van der Waals surface area (Å²) >= 11 is 2.60. The molecule has 0 unspecified atom stereocenters. The largest absolute Gasteiger partial charge is 0.354 e. The summed E-state index contributed by atoms with van der Waals surface area (Å²) in [6.45, 7) is 4.02. The molecule has 1 N–H and O–H groups in total. The molecule has 4 nitrogen and oxygen atoms in total. The Morgan fingerprint density at radius 3 is 2.41 bits per heavy atom. The van der Waals surface area contributed by atoms with Crippen LogP contribution in [-0.2, 0) is 14.6 Å². The van der Waals surface area contributed by atoms with Crippen LogP contribution in [0.3, 0.4) is 0 Å². The molecule has 1 atom stereocenters. The van der Waals surface area contributed by atoms with Crippen molar-refractivity contribution < 1.29 is 13.2 Å². The fraction of sp³-hybridized carbons (Fsp3) is 0.400. The van der Waals surface area contributed by atoms with E-state index < -0.39 is 15.1 Å². The summed E-state index contributed by atoms with van der Waals surface area (Å²) in [5.74, 6) is 0.132. The maximum atomic E-state index is 12.8. The molecule has 0 aliphatic rings. The smallest absolute Gasteiger partial charge is 0.220 e. The predicted molar refractivity (Wildman–Crippen MR) is 91.0 cm³/mol. The number of rotatable bonds is 7. The van der Waals surface area contributed by atoms with Crippen molar-refractivity contribution in [2.75, 3.05) is 6.54 Å². The molecular formula is C15H19NO3S3. The van der Waals surface area contributed by atoms with Gasteiger partial charge in [0.25, 0.3) is 0 Å². The Labute approximate surface area is 139 Å².